The molecule has 18 heavy (non-hydrogen) atoms. The minimum Gasteiger partial charge on any atom is -0.508 e. The fourth-order valence-corrected chi connectivity index (χ4v) is 3.65. The number of hydrogen-bond acceptors (Lipinski definition) is 2. The van der Waals surface area contributed by atoms with E-state index in [9.17, 15) is 4.57 Å². The standard InChI is InChI=1S/C6H18N3OP.C6H6O/c1-7(2)11(10,8(3)4)9(5)6;7-6-4-2-1-3-5-6/h1-6H3;1-5,7H. The summed E-state index contributed by atoms with van der Waals surface area (Å²) in [6, 6.07) is 8.71. The zero-order valence-corrected chi connectivity index (χ0v) is 12.9. The van der Waals surface area contributed by atoms with E-state index in [1.54, 1.807) is 38.3 Å². The summed E-state index contributed by atoms with van der Waals surface area (Å²) in [6.45, 7) is 0. The zero-order chi connectivity index (χ0) is 14.3. The lowest BCUT2D eigenvalue weighted by Gasteiger charge is -2.34. The molecule has 0 aliphatic heterocycles. The van der Waals surface area contributed by atoms with Crippen molar-refractivity contribution >= 4 is 7.59 Å². The van der Waals surface area contributed by atoms with Crippen LogP contribution in [0.3, 0.4) is 0 Å². The van der Waals surface area contributed by atoms with E-state index < -0.39 is 7.59 Å². The van der Waals surface area contributed by atoms with Crippen LogP contribution in [-0.2, 0) is 4.57 Å². The number of aromatic hydroxyl groups is 1. The molecule has 104 valence electrons. The number of rotatable bonds is 3. The normalized spacial score (nSPS) is 11.6. The minimum absolute atomic E-state index is 0.322. The Hall–Kier alpha value is -0.870. The van der Waals surface area contributed by atoms with Gasteiger partial charge < -0.3 is 5.11 Å². The molecule has 0 radical (unpaired) electrons. The molecule has 1 aromatic carbocycles. The molecule has 0 heterocycles. The van der Waals surface area contributed by atoms with Crippen molar-refractivity contribution in [2.24, 2.45) is 0 Å². The van der Waals surface area contributed by atoms with E-state index in [-0.39, 0.29) is 0 Å². The van der Waals surface area contributed by atoms with E-state index in [0.717, 1.165) is 0 Å². The Balaban J connectivity index is 0.000000351. The summed E-state index contributed by atoms with van der Waals surface area (Å²) in [5, 5.41) is 8.63. The Morgan fingerprint density at radius 2 is 1.17 bits per heavy atom. The fourth-order valence-electron chi connectivity index (χ4n) is 1.50. The predicted molar refractivity (Wildman–Crippen MR) is 76.8 cm³/mol. The van der Waals surface area contributed by atoms with Crippen LogP contribution < -0.4 is 0 Å². The van der Waals surface area contributed by atoms with Crippen LogP contribution in [0.4, 0.5) is 0 Å². The third-order valence-corrected chi connectivity index (χ3v) is 5.45. The molecule has 6 heteroatoms. The topological polar surface area (TPSA) is 47.0 Å². The molecule has 1 aromatic rings. The molecule has 0 atom stereocenters. The number of benzene rings is 1. The van der Waals surface area contributed by atoms with Gasteiger partial charge in [0.1, 0.15) is 5.75 Å². The molecule has 0 aliphatic carbocycles. The van der Waals surface area contributed by atoms with Crippen molar-refractivity contribution in [2.75, 3.05) is 42.3 Å². The molecule has 0 saturated carbocycles. The summed E-state index contributed by atoms with van der Waals surface area (Å²) in [6.07, 6.45) is 0. The molecule has 5 nitrogen and oxygen atoms in total. The summed E-state index contributed by atoms with van der Waals surface area (Å²) < 4.78 is 17.3. The Labute approximate surface area is 110 Å². The largest absolute Gasteiger partial charge is 0.508 e. The van der Waals surface area contributed by atoms with E-state index in [1.807, 2.05) is 48.4 Å². The van der Waals surface area contributed by atoms with Crippen LogP contribution in [0.15, 0.2) is 30.3 Å². The monoisotopic (exact) mass is 273 g/mol. The van der Waals surface area contributed by atoms with Crippen LogP contribution in [0.1, 0.15) is 0 Å². The summed E-state index contributed by atoms with van der Waals surface area (Å²) in [5.41, 5.74) is 0. The summed E-state index contributed by atoms with van der Waals surface area (Å²) in [4.78, 5) is 0. The second kappa shape index (κ2) is 7.54. The Morgan fingerprint density at radius 3 is 1.28 bits per heavy atom. The van der Waals surface area contributed by atoms with Gasteiger partial charge in [-0.3, -0.25) is 4.57 Å². The maximum atomic E-state index is 12.1. The van der Waals surface area contributed by atoms with Crippen molar-refractivity contribution in [3.63, 3.8) is 0 Å². The Kier molecular flexibility index (Phi) is 7.18. The summed E-state index contributed by atoms with van der Waals surface area (Å²) in [5.74, 6) is 0.322. The van der Waals surface area contributed by atoms with Gasteiger partial charge in [0.05, 0.1) is 0 Å². The quantitative estimate of drug-likeness (QED) is 0.855. The maximum absolute atomic E-state index is 12.1. The number of phenols is 1. The van der Waals surface area contributed by atoms with Crippen LogP contribution in [0.25, 0.3) is 0 Å². The Morgan fingerprint density at radius 1 is 0.833 bits per heavy atom. The van der Waals surface area contributed by atoms with Crippen LogP contribution in [0.5, 0.6) is 5.75 Å². The number of hydrogen-bond donors (Lipinski definition) is 1. The highest BCUT2D eigenvalue weighted by Crippen LogP contribution is 2.50. The highest BCUT2D eigenvalue weighted by molar-refractivity contribution is 7.56. The fraction of sp³-hybridized carbons (Fsp3) is 0.500. The molecule has 0 aromatic heterocycles. The Bertz CT molecular complexity index is 352. The highest BCUT2D eigenvalue weighted by atomic mass is 31.2. The van der Waals surface area contributed by atoms with Gasteiger partial charge in [-0.1, -0.05) is 18.2 Å². The van der Waals surface area contributed by atoms with E-state index in [2.05, 4.69) is 0 Å². The van der Waals surface area contributed by atoms with E-state index in [0.29, 0.717) is 5.75 Å². The van der Waals surface area contributed by atoms with Crippen molar-refractivity contribution in [3.05, 3.63) is 30.3 Å². The van der Waals surface area contributed by atoms with Gasteiger partial charge in [-0.25, -0.2) is 14.0 Å². The lowest BCUT2D eigenvalue weighted by atomic mass is 10.3. The first-order chi connectivity index (χ1) is 8.22. The second-order valence-corrected chi connectivity index (χ2v) is 7.82. The van der Waals surface area contributed by atoms with Gasteiger partial charge in [0.25, 0.3) is 7.59 Å². The molecule has 0 unspecified atom stereocenters. The first-order valence-corrected chi connectivity index (χ1v) is 7.17. The van der Waals surface area contributed by atoms with Gasteiger partial charge in [0.15, 0.2) is 0 Å². The molecule has 0 spiro atoms. The molecule has 0 bridgehead atoms. The molecule has 0 aliphatic rings. The summed E-state index contributed by atoms with van der Waals surface area (Å²) in [7, 11) is 8.49. The molecule has 1 rings (SSSR count). The first-order valence-electron chi connectivity index (χ1n) is 5.60. The predicted octanol–water partition coefficient (Wildman–Crippen LogP) is 2.17. The average molecular weight is 273 g/mol. The highest BCUT2D eigenvalue weighted by Gasteiger charge is 2.30. The van der Waals surface area contributed by atoms with E-state index in [4.69, 9.17) is 5.11 Å². The van der Waals surface area contributed by atoms with Crippen LogP contribution in [0.2, 0.25) is 0 Å². The van der Waals surface area contributed by atoms with Gasteiger partial charge in [-0.2, -0.15) is 0 Å². The van der Waals surface area contributed by atoms with Crippen molar-refractivity contribution in [3.8, 4) is 5.75 Å². The van der Waals surface area contributed by atoms with E-state index in [1.165, 1.54) is 0 Å². The third-order valence-electron chi connectivity index (χ3n) is 2.32. The maximum Gasteiger partial charge on any atom is 0.285 e. The zero-order valence-electron chi connectivity index (χ0n) is 12.0. The lowest BCUT2D eigenvalue weighted by Crippen LogP contribution is -2.30. The van der Waals surface area contributed by atoms with Crippen LogP contribution in [0, 0.1) is 0 Å². The van der Waals surface area contributed by atoms with Gasteiger partial charge >= 0.3 is 0 Å². The van der Waals surface area contributed by atoms with E-state index >= 15 is 0 Å². The molecule has 0 saturated heterocycles. The van der Waals surface area contributed by atoms with Crippen molar-refractivity contribution in [2.45, 2.75) is 0 Å². The number of nitrogens with zero attached hydrogens (tertiary/aromatic N) is 3. The summed E-state index contributed by atoms with van der Waals surface area (Å²) >= 11 is 0. The van der Waals surface area contributed by atoms with Gasteiger partial charge in [0.2, 0.25) is 0 Å². The molecule has 1 N–H and O–H groups in total. The minimum atomic E-state index is -2.44. The SMILES string of the molecule is CN(C)P(=O)(N(C)C)N(C)C.Oc1ccccc1. The average Bonchev–Trinajstić information content (AvgIpc) is 2.28. The number of phenolic OH excluding ortho intramolecular Hbond substituents is 1. The smallest absolute Gasteiger partial charge is 0.285 e. The molecule has 0 fully saturated rings. The first kappa shape index (κ1) is 17.1. The van der Waals surface area contributed by atoms with Crippen molar-refractivity contribution < 1.29 is 9.67 Å². The molecular weight excluding hydrogens is 249 g/mol. The lowest BCUT2D eigenvalue weighted by molar-refractivity contribution is 0.383. The van der Waals surface area contributed by atoms with Crippen molar-refractivity contribution in [1.29, 1.82) is 0 Å². The van der Waals surface area contributed by atoms with Gasteiger partial charge in [0, 0.05) is 0 Å². The van der Waals surface area contributed by atoms with Crippen LogP contribution in [-0.4, -0.2) is 61.4 Å². The van der Waals surface area contributed by atoms with Gasteiger partial charge in [-0.05, 0) is 54.4 Å². The molecular formula is C12H24N3O2P. The molecule has 0 amide bonds. The van der Waals surface area contributed by atoms with Gasteiger partial charge in [-0.15, -0.1) is 0 Å². The third kappa shape index (κ3) is 4.78. The second-order valence-electron chi connectivity index (χ2n) is 4.39. The van der Waals surface area contributed by atoms with Crippen molar-refractivity contribution in [1.82, 2.24) is 14.0 Å². The van der Waals surface area contributed by atoms with Crippen LogP contribution >= 0.6 is 7.59 Å². The number of para-hydroxylation sites is 1.